The quantitative estimate of drug-likeness (QED) is 0.181. The number of thiophene rings is 3. The highest BCUT2D eigenvalue weighted by molar-refractivity contribution is 7.26. The molecule has 9 aromatic rings. The zero-order chi connectivity index (χ0) is 30.2. The summed E-state index contributed by atoms with van der Waals surface area (Å²) in [5.41, 5.74) is 7.69. The highest BCUT2D eigenvalue weighted by Gasteiger charge is 2.17. The number of allylic oxidation sites excluding steroid dienone is 2. The zero-order valence-electron chi connectivity index (χ0n) is 24.8. The van der Waals surface area contributed by atoms with E-state index in [1.165, 1.54) is 93.6 Å². The van der Waals surface area contributed by atoms with Crippen LogP contribution in [0.2, 0.25) is 0 Å². The topological polar surface area (TPSA) is 0 Å². The molecule has 1 aliphatic rings. The first-order valence-corrected chi connectivity index (χ1v) is 18.1. The fourth-order valence-corrected chi connectivity index (χ4v) is 10.9. The van der Waals surface area contributed by atoms with Crippen LogP contribution in [0.5, 0.6) is 0 Å². The normalized spacial score (nSPS) is 13.2. The highest BCUT2D eigenvalue weighted by Crippen LogP contribution is 2.44. The Morgan fingerprint density at radius 3 is 1.54 bits per heavy atom. The van der Waals surface area contributed by atoms with E-state index in [1.807, 2.05) is 34.0 Å². The smallest absolute Gasteiger partial charge is 0.0433 e. The second-order valence-electron chi connectivity index (χ2n) is 12.0. The molecular formula is C43H26S3. The fraction of sp³-hybridized carbons (Fsp3) is 0.0233. The summed E-state index contributed by atoms with van der Waals surface area (Å²) in [7, 11) is 0. The minimum atomic E-state index is 0.936. The van der Waals surface area contributed by atoms with Gasteiger partial charge in [-0.3, -0.25) is 0 Å². The van der Waals surface area contributed by atoms with Gasteiger partial charge in [-0.25, -0.2) is 0 Å². The molecule has 0 nitrogen and oxygen atoms in total. The molecule has 46 heavy (non-hydrogen) atoms. The van der Waals surface area contributed by atoms with Crippen LogP contribution in [0.3, 0.4) is 0 Å². The summed E-state index contributed by atoms with van der Waals surface area (Å²) in [6.07, 6.45) is 8.02. The van der Waals surface area contributed by atoms with E-state index in [1.54, 1.807) is 0 Å². The second kappa shape index (κ2) is 10.4. The maximum absolute atomic E-state index is 2.44. The maximum atomic E-state index is 2.44. The van der Waals surface area contributed by atoms with Crippen molar-refractivity contribution < 1.29 is 0 Å². The van der Waals surface area contributed by atoms with Gasteiger partial charge in [-0.2, -0.15) is 0 Å². The molecule has 0 radical (unpaired) electrons. The lowest BCUT2D eigenvalue weighted by Crippen LogP contribution is -2.20. The second-order valence-corrected chi connectivity index (χ2v) is 15.1. The molecule has 0 bridgehead atoms. The van der Waals surface area contributed by atoms with Crippen molar-refractivity contribution in [2.45, 2.75) is 6.42 Å². The zero-order valence-corrected chi connectivity index (χ0v) is 27.2. The van der Waals surface area contributed by atoms with Gasteiger partial charge in [0.1, 0.15) is 0 Å². The lowest BCUT2D eigenvalue weighted by atomic mass is 9.92. The van der Waals surface area contributed by atoms with Gasteiger partial charge in [0, 0.05) is 55.0 Å². The molecule has 6 aromatic carbocycles. The molecule has 10 rings (SSSR count). The summed E-state index contributed by atoms with van der Waals surface area (Å²) >= 11 is 5.72. The van der Waals surface area contributed by atoms with Crippen molar-refractivity contribution in [2.75, 3.05) is 0 Å². The molecule has 0 amide bonds. The van der Waals surface area contributed by atoms with Crippen LogP contribution in [0.15, 0.2) is 140 Å². The molecule has 0 atom stereocenters. The Morgan fingerprint density at radius 1 is 0.435 bits per heavy atom. The van der Waals surface area contributed by atoms with Crippen molar-refractivity contribution >= 4 is 96.1 Å². The van der Waals surface area contributed by atoms with Gasteiger partial charge in [-0.1, -0.05) is 109 Å². The summed E-state index contributed by atoms with van der Waals surface area (Å²) in [6.45, 7) is 0. The van der Waals surface area contributed by atoms with Crippen LogP contribution in [-0.2, 0) is 0 Å². The predicted molar refractivity (Wildman–Crippen MR) is 205 cm³/mol. The summed E-state index contributed by atoms with van der Waals surface area (Å²) < 4.78 is 8.08. The van der Waals surface area contributed by atoms with Crippen molar-refractivity contribution in [3.05, 3.63) is 155 Å². The monoisotopic (exact) mass is 638 g/mol. The SMILES string of the molecule is C1=CC(c2cc(-c3cccc4c3sc3ccccc34)cc(-c3cccc4c3sc3ccccc34)c2)=c2sc3ccccc3c2=CC1. The Kier molecular flexibility index (Phi) is 5.95. The molecule has 0 fully saturated rings. The first-order chi connectivity index (χ1) is 22.8. The number of fused-ring (bicyclic) bond motifs is 9. The van der Waals surface area contributed by atoms with E-state index in [9.17, 15) is 0 Å². The molecule has 0 N–H and O–H groups in total. The first-order valence-electron chi connectivity index (χ1n) is 15.7. The van der Waals surface area contributed by atoms with Gasteiger partial charge in [-0.15, -0.1) is 34.0 Å². The van der Waals surface area contributed by atoms with Crippen LogP contribution in [0.25, 0.3) is 84.3 Å². The number of rotatable bonds is 3. The van der Waals surface area contributed by atoms with Gasteiger partial charge in [-0.05, 0) is 81.4 Å². The van der Waals surface area contributed by atoms with Crippen LogP contribution in [0.1, 0.15) is 12.0 Å². The minimum absolute atomic E-state index is 0.936. The first kappa shape index (κ1) is 26.4. The van der Waals surface area contributed by atoms with Crippen LogP contribution in [-0.4, -0.2) is 0 Å². The van der Waals surface area contributed by atoms with Gasteiger partial charge < -0.3 is 0 Å². The van der Waals surface area contributed by atoms with Crippen molar-refractivity contribution in [1.82, 2.24) is 0 Å². The Balaban J connectivity index is 1.31. The van der Waals surface area contributed by atoms with Crippen molar-refractivity contribution in [1.29, 1.82) is 0 Å². The Labute approximate surface area is 278 Å². The Bertz CT molecular complexity index is 2700. The van der Waals surface area contributed by atoms with E-state index >= 15 is 0 Å². The van der Waals surface area contributed by atoms with Crippen LogP contribution < -0.4 is 9.75 Å². The minimum Gasteiger partial charge on any atom is -0.135 e. The average molecular weight is 639 g/mol. The van der Waals surface area contributed by atoms with Gasteiger partial charge in [0.15, 0.2) is 0 Å². The molecule has 3 heterocycles. The largest absolute Gasteiger partial charge is 0.135 e. The molecule has 0 unspecified atom stereocenters. The lowest BCUT2D eigenvalue weighted by molar-refractivity contribution is 1.49. The predicted octanol–water partition coefficient (Wildman–Crippen LogP) is 11.9. The van der Waals surface area contributed by atoms with Crippen molar-refractivity contribution in [2.24, 2.45) is 0 Å². The molecule has 1 aliphatic carbocycles. The summed E-state index contributed by atoms with van der Waals surface area (Å²) in [4.78, 5) is 0. The summed E-state index contributed by atoms with van der Waals surface area (Å²) in [5.74, 6) is 0. The van der Waals surface area contributed by atoms with Gasteiger partial charge >= 0.3 is 0 Å². The fourth-order valence-electron chi connectivity index (χ4n) is 7.19. The van der Waals surface area contributed by atoms with E-state index in [2.05, 4.69) is 146 Å². The number of benzene rings is 6. The molecule has 0 saturated carbocycles. The van der Waals surface area contributed by atoms with Gasteiger partial charge in [0.05, 0.1) is 0 Å². The van der Waals surface area contributed by atoms with Crippen LogP contribution in [0, 0.1) is 0 Å². The van der Waals surface area contributed by atoms with Crippen molar-refractivity contribution in [3.8, 4) is 22.3 Å². The number of hydrogen-bond acceptors (Lipinski definition) is 3. The summed E-state index contributed by atoms with van der Waals surface area (Å²) in [6, 6.07) is 47.4. The highest BCUT2D eigenvalue weighted by atomic mass is 32.1. The average Bonchev–Trinajstić information content (AvgIpc) is 3.75. The maximum Gasteiger partial charge on any atom is 0.0433 e. The van der Waals surface area contributed by atoms with E-state index in [4.69, 9.17) is 0 Å². The summed E-state index contributed by atoms with van der Waals surface area (Å²) in [5, 5.41) is 8.06. The third-order valence-corrected chi connectivity index (χ3v) is 13.0. The molecule has 0 aliphatic heterocycles. The standard InChI is InChI=1S/C43H26S3/c1-2-15-35-32-12-3-6-20-38(32)44-41(35)29(11-1)26-23-27(30-16-9-18-36-33-13-4-7-21-39(33)45-42(30)36)25-28(24-26)31-17-10-19-37-34-14-5-8-22-40(34)46-43(31)37/h1,3-25H,2H2. The van der Waals surface area contributed by atoms with E-state index in [-0.39, 0.29) is 0 Å². The van der Waals surface area contributed by atoms with E-state index in [0.717, 1.165) is 6.42 Å². The Hall–Kier alpha value is -4.80. The molecular weight excluding hydrogens is 613 g/mol. The molecule has 0 spiro atoms. The molecule has 0 saturated heterocycles. The Morgan fingerprint density at radius 2 is 0.935 bits per heavy atom. The van der Waals surface area contributed by atoms with Gasteiger partial charge in [0.2, 0.25) is 0 Å². The third kappa shape index (κ3) is 4.03. The van der Waals surface area contributed by atoms with E-state index < -0.39 is 0 Å². The van der Waals surface area contributed by atoms with Crippen LogP contribution in [0.4, 0.5) is 0 Å². The number of hydrogen-bond donors (Lipinski definition) is 0. The van der Waals surface area contributed by atoms with Crippen molar-refractivity contribution in [3.63, 3.8) is 0 Å². The third-order valence-electron chi connectivity index (χ3n) is 9.30. The van der Waals surface area contributed by atoms with Gasteiger partial charge in [0.25, 0.3) is 0 Å². The van der Waals surface area contributed by atoms with Crippen LogP contribution >= 0.6 is 34.0 Å². The van der Waals surface area contributed by atoms with E-state index in [0.29, 0.717) is 0 Å². The lowest BCUT2D eigenvalue weighted by Gasteiger charge is -2.13. The molecule has 3 heteroatoms. The molecule has 3 aromatic heterocycles. The molecule has 216 valence electrons.